The molecule has 3 unspecified atom stereocenters. The predicted octanol–water partition coefficient (Wildman–Crippen LogP) is -0.589. The molecular weight excluding hydrogens is 256 g/mol. The second-order valence-electron chi connectivity index (χ2n) is 4.15. The average molecular weight is 278 g/mol. The second-order valence-corrected chi connectivity index (χ2v) is 5.71. The van der Waals surface area contributed by atoms with Crippen LogP contribution in [0.1, 0.15) is 20.3 Å². The molecular formula is C11H22N2O4S. The number of carbonyl (C=O) groups is 2. The van der Waals surface area contributed by atoms with Crippen LogP contribution in [0.15, 0.2) is 0 Å². The van der Waals surface area contributed by atoms with Crippen molar-refractivity contribution in [3.63, 3.8) is 0 Å². The highest BCUT2D eigenvalue weighted by molar-refractivity contribution is 7.84. The van der Waals surface area contributed by atoms with Crippen LogP contribution in [0.5, 0.6) is 0 Å². The molecule has 18 heavy (non-hydrogen) atoms. The molecule has 0 aliphatic heterocycles. The summed E-state index contributed by atoms with van der Waals surface area (Å²) >= 11 is 0. The van der Waals surface area contributed by atoms with Crippen molar-refractivity contribution in [2.24, 2.45) is 0 Å². The summed E-state index contributed by atoms with van der Waals surface area (Å²) in [6.07, 6.45) is 2.40. The van der Waals surface area contributed by atoms with E-state index in [2.05, 4.69) is 15.4 Å². The molecule has 0 spiro atoms. The van der Waals surface area contributed by atoms with Crippen molar-refractivity contribution in [2.75, 3.05) is 25.7 Å². The van der Waals surface area contributed by atoms with Gasteiger partial charge in [0.05, 0.1) is 7.11 Å². The molecule has 2 N–H and O–H groups in total. The highest BCUT2D eigenvalue weighted by atomic mass is 32.2. The highest BCUT2D eigenvalue weighted by Gasteiger charge is 2.20. The largest absolute Gasteiger partial charge is 0.467 e. The zero-order chi connectivity index (χ0) is 14.1. The second kappa shape index (κ2) is 9.04. The Labute approximate surface area is 110 Å². The first-order chi connectivity index (χ1) is 8.36. The molecule has 0 bridgehead atoms. The zero-order valence-corrected chi connectivity index (χ0v) is 12.1. The van der Waals surface area contributed by atoms with E-state index in [1.807, 2.05) is 6.92 Å². The summed E-state index contributed by atoms with van der Waals surface area (Å²) in [5.41, 5.74) is 0. The van der Waals surface area contributed by atoms with E-state index in [0.717, 1.165) is 6.42 Å². The van der Waals surface area contributed by atoms with E-state index in [4.69, 9.17) is 0 Å². The van der Waals surface area contributed by atoms with Crippen LogP contribution < -0.4 is 10.6 Å². The van der Waals surface area contributed by atoms with Crippen molar-refractivity contribution in [2.45, 2.75) is 32.4 Å². The smallest absolute Gasteiger partial charge is 0.329 e. The number of hydrogen-bond acceptors (Lipinski definition) is 5. The topological polar surface area (TPSA) is 84.5 Å². The van der Waals surface area contributed by atoms with Gasteiger partial charge in [-0.3, -0.25) is 9.00 Å². The molecule has 0 aromatic carbocycles. The molecule has 0 saturated carbocycles. The summed E-state index contributed by atoms with van der Waals surface area (Å²) in [4.78, 5) is 22.3. The van der Waals surface area contributed by atoms with Gasteiger partial charge in [-0.2, -0.15) is 0 Å². The summed E-state index contributed by atoms with van der Waals surface area (Å²) in [5, 5.41) is 5.62. The first-order valence-electron chi connectivity index (χ1n) is 5.75. The van der Waals surface area contributed by atoms with E-state index in [-0.39, 0.29) is 11.9 Å². The molecule has 6 nitrogen and oxygen atoms in total. The summed E-state index contributed by atoms with van der Waals surface area (Å²) in [7, 11) is 0.457. The van der Waals surface area contributed by atoms with Crippen LogP contribution in [0.25, 0.3) is 0 Å². The van der Waals surface area contributed by atoms with E-state index >= 15 is 0 Å². The predicted molar refractivity (Wildman–Crippen MR) is 70.6 cm³/mol. The fraction of sp³-hybridized carbons (Fsp3) is 0.818. The number of nitrogens with one attached hydrogen (secondary N) is 2. The fourth-order valence-electron chi connectivity index (χ4n) is 1.34. The lowest BCUT2D eigenvalue weighted by molar-refractivity contribution is -0.144. The average Bonchev–Trinajstić information content (AvgIpc) is 2.30. The molecule has 7 heteroatoms. The van der Waals surface area contributed by atoms with E-state index in [0.29, 0.717) is 12.3 Å². The van der Waals surface area contributed by atoms with Crippen molar-refractivity contribution in [3.05, 3.63) is 0 Å². The van der Waals surface area contributed by atoms with Gasteiger partial charge in [0.15, 0.2) is 0 Å². The molecule has 0 heterocycles. The standard InChI is InChI=1S/C11H22N2O4S/c1-8(5-6-18(4)16)12-7-10(11(15)17-3)13-9(2)14/h8,10,12H,5-7H2,1-4H3,(H,13,14). The van der Waals surface area contributed by atoms with E-state index in [9.17, 15) is 13.8 Å². The Morgan fingerprint density at radius 2 is 2.00 bits per heavy atom. The Hall–Kier alpha value is -0.950. The number of methoxy groups -OCH3 is 1. The molecule has 0 saturated heterocycles. The number of rotatable bonds is 8. The van der Waals surface area contributed by atoms with E-state index < -0.39 is 22.8 Å². The molecule has 0 rings (SSSR count). The van der Waals surface area contributed by atoms with Crippen molar-refractivity contribution >= 4 is 22.7 Å². The van der Waals surface area contributed by atoms with Gasteiger partial charge in [0, 0.05) is 42.3 Å². The van der Waals surface area contributed by atoms with Crippen LogP contribution in [0.4, 0.5) is 0 Å². The molecule has 0 aromatic rings. The first kappa shape index (κ1) is 17.1. The lowest BCUT2D eigenvalue weighted by atomic mass is 10.2. The lowest BCUT2D eigenvalue weighted by Crippen LogP contribution is -2.48. The van der Waals surface area contributed by atoms with Gasteiger partial charge in [0.2, 0.25) is 5.91 Å². The molecule has 0 aliphatic rings. The minimum absolute atomic E-state index is 0.120. The van der Waals surface area contributed by atoms with Crippen LogP contribution in [0.3, 0.4) is 0 Å². The monoisotopic (exact) mass is 278 g/mol. The third kappa shape index (κ3) is 8.19. The maximum absolute atomic E-state index is 11.4. The molecule has 1 amide bonds. The fourth-order valence-corrected chi connectivity index (χ4v) is 2.03. The van der Waals surface area contributed by atoms with Crippen molar-refractivity contribution in [1.82, 2.24) is 10.6 Å². The van der Waals surface area contributed by atoms with E-state index in [1.54, 1.807) is 6.26 Å². The van der Waals surface area contributed by atoms with Crippen molar-refractivity contribution < 1.29 is 18.5 Å². The first-order valence-corrected chi connectivity index (χ1v) is 7.47. The summed E-state index contributed by atoms with van der Waals surface area (Å²) in [6, 6.07) is -0.572. The van der Waals surface area contributed by atoms with Gasteiger partial charge in [-0.1, -0.05) is 0 Å². The highest BCUT2D eigenvalue weighted by Crippen LogP contribution is 1.94. The summed E-state index contributed by atoms with van der Waals surface area (Å²) < 4.78 is 15.5. The third-order valence-corrected chi connectivity index (χ3v) is 3.18. The molecule has 0 radical (unpaired) electrons. The lowest BCUT2D eigenvalue weighted by Gasteiger charge is -2.19. The summed E-state index contributed by atoms with van der Waals surface area (Å²) in [5.74, 6) is -0.157. The number of carbonyl (C=O) groups excluding carboxylic acids is 2. The minimum atomic E-state index is -0.821. The molecule has 0 aliphatic carbocycles. The Kier molecular flexibility index (Phi) is 8.57. The van der Waals surface area contributed by atoms with Gasteiger partial charge in [0.25, 0.3) is 0 Å². The van der Waals surface area contributed by atoms with Crippen LogP contribution in [-0.4, -0.2) is 53.8 Å². The Bertz CT molecular complexity index is 309. The maximum Gasteiger partial charge on any atom is 0.329 e. The van der Waals surface area contributed by atoms with Gasteiger partial charge in [-0.15, -0.1) is 0 Å². The van der Waals surface area contributed by atoms with Gasteiger partial charge in [-0.05, 0) is 13.3 Å². The number of hydrogen-bond donors (Lipinski definition) is 2. The Morgan fingerprint density at radius 3 is 2.44 bits per heavy atom. The molecule has 3 atom stereocenters. The van der Waals surface area contributed by atoms with Crippen LogP contribution in [0, 0.1) is 0 Å². The van der Waals surface area contributed by atoms with Crippen molar-refractivity contribution in [1.29, 1.82) is 0 Å². The quantitative estimate of drug-likeness (QED) is 0.580. The molecule has 0 fully saturated rings. The Morgan fingerprint density at radius 1 is 1.39 bits per heavy atom. The normalized spacial score (nSPS) is 15.6. The van der Waals surface area contributed by atoms with Gasteiger partial charge in [0.1, 0.15) is 6.04 Å². The van der Waals surface area contributed by atoms with Crippen LogP contribution in [0.2, 0.25) is 0 Å². The van der Waals surface area contributed by atoms with E-state index in [1.165, 1.54) is 14.0 Å². The Balaban J connectivity index is 4.12. The van der Waals surface area contributed by atoms with Gasteiger partial charge < -0.3 is 15.4 Å². The van der Waals surface area contributed by atoms with Gasteiger partial charge >= 0.3 is 5.97 Å². The van der Waals surface area contributed by atoms with Gasteiger partial charge in [-0.25, -0.2) is 4.79 Å². The third-order valence-electron chi connectivity index (χ3n) is 2.37. The molecule has 0 aromatic heterocycles. The van der Waals surface area contributed by atoms with Crippen LogP contribution in [-0.2, 0) is 25.1 Å². The van der Waals surface area contributed by atoms with Crippen molar-refractivity contribution in [3.8, 4) is 0 Å². The summed E-state index contributed by atoms with van der Waals surface area (Å²) in [6.45, 7) is 3.58. The minimum Gasteiger partial charge on any atom is -0.467 e. The molecule has 106 valence electrons. The SMILES string of the molecule is COC(=O)C(CNC(C)CCS(C)=O)NC(C)=O. The maximum atomic E-state index is 11.4. The number of ether oxygens (including phenoxy) is 1. The zero-order valence-electron chi connectivity index (χ0n) is 11.3. The number of amides is 1. The van der Waals surface area contributed by atoms with Crippen LogP contribution >= 0.6 is 0 Å². The number of esters is 1.